The zero-order valence-electron chi connectivity index (χ0n) is 51.7. The average molecular weight is 1330 g/mol. The number of nitrogens with one attached hydrogen (secondary N) is 1. The molecular formula is C68H73Cl2F2N10O10P. The maximum absolute atomic E-state index is 13.7. The Morgan fingerprint density at radius 3 is 1.43 bits per heavy atom. The predicted octanol–water partition coefficient (Wildman–Crippen LogP) is 7.94. The van der Waals surface area contributed by atoms with Crippen molar-refractivity contribution >= 4 is 98.2 Å². The van der Waals surface area contributed by atoms with Crippen molar-refractivity contribution in [1.29, 1.82) is 0 Å². The minimum atomic E-state index is -3.13. The first-order valence-electron chi connectivity index (χ1n) is 30.5. The Balaban J connectivity index is 0.000000165. The Hall–Kier alpha value is -8.15. The normalized spacial score (nSPS) is 20.3. The third-order valence-electron chi connectivity index (χ3n) is 17.6. The van der Waals surface area contributed by atoms with Gasteiger partial charge in [-0.05, 0) is 124 Å². The highest BCUT2D eigenvalue weighted by atomic mass is 35.5. The number of Topliss-reactive ketones (excluding diaryl/α,β-unsaturated/α-hetero) is 2. The fourth-order valence-corrected chi connectivity index (χ4v) is 14.5. The fraction of sp³-hybridized carbons (Fsp3) is 0.324. The van der Waals surface area contributed by atoms with E-state index in [2.05, 4.69) is 14.8 Å². The molecule has 4 amide bonds. The van der Waals surface area contributed by atoms with E-state index in [9.17, 15) is 52.3 Å². The second-order valence-electron chi connectivity index (χ2n) is 24.2. The monoisotopic (exact) mass is 1330 g/mol. The molecule has 12 rings (SSSR count). The lowest BCUT2D eigenvalue weighted by molar-refractivity contribution is -0.126. The first-order valence-corrected chi connectivity index (χ1v) is 32.9. The number of ketones is 2. The largest absolute Gasteiger partial charge is 0.391 e. The maximum Gasteiger partial charge on any atom is 0.295 e. The molecule has 2 aromatic heterocycles. The predicted molar refractivity (Wildman–Crippen MR) is 352 cm³/mol. The summed E-state index contributed by atoms with van der Waals surface area (Å²) in [6.07, 6.45) is 2.40. The third-order valence-corrected chi connectivity index (χ3v) is 20.5. The Morgan fingerprint density at radius 2 is 1.00 bits per heavy atom. The van der Waals surface area contributed by atoms with Crippen LogP contribution in [0, 0.1) is 11.6 Å². The van der Waals surface area contributed by atoms with E-state index in [4.69, 9.17) is 39.6 Å². The van der Waals surface area contributed by atoms with E-state index in [1.807, 2.05) is 64.1 Å². The molecule has 0 spiro atoms. The van der Waals surface area contributed by atoms with E-state index >= 15 is 0 Å². The number of aromatic amines is 1. The van der Waals surface area contributed by atoms with E-state index in [1.165, 1.54) is 63.3 Å². The maximum atomic E-state index is 13.7. The standard InChI is InChI=1S/C28H31ClFN5O4.C28H30ClFN4O4.C12H12NO2P/c1-16-12-34(17(2)11-33(16)13-18-3-5-19(30)6-4-18)27(38)22-9-21-23(15-35(31)25(21)10-24(22)29)26(37)28(39)32-8-7-20(36)14-32;1-16-13-34(17(2)12-33(16)14-18-3-5-19(30)6-4-18)27(37)22-9-21-23(11-31-25(21)10-24(22)29)26(36)28(38)32-8-7-20(35)15-32;13-15-16(14,11-7-3-1-4-8-11)12-9-5-2-6-10-12/h3-6,9-10,15-17,20,36H,7-8,11-14,31H2,1-2H3;3-6,9-11,16-17,20,31,35H,7-8,12-15H2,1-2H3;1-10H,13H2/t2*16-,17+,20+;/m00./s1. The van der Waals surface area contributed by atoms with Crippen molar-refractivity contribution in [3.63, 3.8) is 0 Å². The van der Waals surface area contributed by atoms with Crippen molar-refractivity contribution in [3.05, 3.63) is 201 Å². The van der Waals surface area contributed by atoms with E-state index in [0.717, 1.165) is 11.1 Å². The number of nitrogens with two attached hydrogens (primary N) is 2. The van der Waals surface area contributed by atoms with Crippen molar-refractivity contribution < 1.29 is 57.0 Å². The number of fused-ring (bicyclic) bond motifs is 2. The summed E-state index contributed by atoms with van der Waals surface area (Å²) in [6.45, 7) is 12.3. The number of hydrogen-bond donors (Lipinski definition) is 5. The highest BCUT2D eigenvalue weighted by Gasteiger charge is 2.38. The molecule has 8 aromatic rings. The van der Waals surface area contributed by atoms with Crippen LogP contribution >= 0.6 is 30.6 Å². The van der Waals surface area contributed by atoms with Crippen LogP contribution in [-0.2, 0) is 31.9 Å². The van der Waals surface area contributed by atoms with Gasteiger partial charge < -0.3 is 40.6 Å². The van der Waals surface area contributed by atoms with Crippen LogP contribution in [0.2, 0.25) is 10.0 Å². The number of carbonyl (C=O) groups excluding carboxylic acids is 6. The van der Waals surface area contributed by atoms with Gasteiger partial charge in [0, 0.05) is 129 Å². The first kappa shape index (κ1) is 67.7. The molecule has 0 bridgehead atoms. The fourth-order valence-electron chi connectivity index (χ4n) is 12.4. The molecule has 25 heteroatoms. The second-order valence-corrected chi connectivity index (χ2v) is 27.3. The number of halogens is 4. The van der Waals surface area contributed by atoms with Crippen molar-refractivity contribution in [3.8, 4) is 0 Å². The minimum Gasteiger partial charge on any atom is -0.391 e. The van der Waals surface area contributed by atoms with Crippen LogP contribution in [0.25, 0.3) is 21.8 Å². The number of β-amino-alcohol motifs (C(OH)–C–C–N with tert-alkyl or cyclic N) is 2. The Bertz CT molecular complexity index is 4080. The summed E-state index contributed by atoms with van der Waals surface area (Å²) in [4.78, 5) is 92.9. The Labute approximate surface area is 546 Å². The van der Waals surface area contributed by atoms with E-state index in [0.29, 0.717) is 97.6 Å². The van der Waals surface area contributed by atoms with Crippen molar-refractivity contribution in [2.24, 2.45) is 5.90 Å². The number of nitrogens with zero attached hydrogens (tertiary/aromatic N) is 7. The number of aromatic nitrogens is 2. The van der Waals surface area contributed by atoms with E-state index < -0.39 is 43.0 Å². The summed E-state index contributed by atoms with van der Waals surface area (Å²) in [7, 11) is -3.13. The number of aliphatic hydroxyl groups excluding tert-OH is 2. The molecule has 0 aliphatic carbocycles. The smallest absolute Gasteiger partial charge is 0.295 e. The summed E-state index contributed by atoms with van der Waals surface area (Å²) < 4.78 is 45.2. The molecule has 6 heterocycles. The number of benzene rings is 6. The van der Waals surface area contributed by atoms with Crippen LogP contribution in [0.5, 0.6) is 0 Å². The van der Waals surface area contributed by atoms with Crippen LogP contribution in [0.4, 0.5) is 8.78 Å². The van der Waals surface area contributed by atoms with Crippen LogP contribution in [0.15, 0.2) is 146 Å². The van der Waals surface area contributed by atoms with Gasteiger partial charge in [-0.15, -0.1) is 0 Å². The molecule has 4 aliphatic rings. The van der Waals surface area contributed by atoms with Gasteiger partial charge in [-0.3, -0.25) is 47.8 Å². The van der Waals surface area contributed by atoms with Gasteiger partial charge in [-0.2, -0.15) is 0 Å². The number of carbonyl (C=O) groups is 6. The molecule has 4 saturated heterocycles. The SMILES string of the molecule is C[C@@H]1CN(Cc2ccc(F)cc2)[C@@H](C)CN1C(=O)c1cc2c(C(=O)C(=O)N3CC[C@@H](O)C3)c[nH]c2cc1Cl.C[C@@H]1CN(Cc2ccc(F)cc2)[C@@H](C)CN1C(=O)c1cc2c(C(=O)C(=O)N3CC[C@@H](O)C3)cn(N)c2cc1Cl.NOP(=O)(c1ccccc1)c1ccccc1. The van der Waals surface area contributed by atoms with Gasteiger partial charge in [0.2, 0.25) is 0 Å². The summed E-state index contributed by atoms with van der Waals surface area (Å²) in [5.74, 6) is 7.37. The molecular weight excluding hydrogens is 1260 g/mol. The van der Waals surface area contributed by atoms with Crippen LogP contribution < -0.4 is 22.3 Å². The van der Waals surface area contributed by atoms with E-state index in [1.54, 1.807) is 70.5 Å². The lowest BCUT2D eigenvalue weighted by Gasteiger charge is -2.44. The summed E-state index contributed by atoms with van der Waals surface area (Å²) in [5.41, 5.74) is 3.70. The van der Waals surface area contributed by atoms with E-state index in [-0.39, 0.29) is 93.0 Å². The average Bonchev–Trinajstić information content (AvgIpc) is 1.73. The van der Waals surface area contributed by atoms with Crippen molar-refractivity contribution in [2.75, 3.05) is 58.2 Å². The molecule has 4 fully saturated rings. The number of likely N-dealkylation sites (tertiary alicyclic amines) is 2. The van der Waals surface area contributed by atoms with Gasteiger partial charge in [-0.25, -0.2) is 19.3 Å². The topological polar surface area (TPSA) is 261 Å². The molecule has 20 nitrogen and oxygen atoms in total. The molecule has 488 valence electrons. The lowest BCUT2D eigenvalue weighted by atomic mass is 10.0. The number of piperazine rings is 2. The Morgan fingerprint density at radius 1 is 0.570 bits per heavy atom. The number of aliphatic hydroxyl groups is 2. The molecule has 93 heavy (non-hydrogen) atoms. The summed E-state index contributed by atoms with van der Waals surface area (Å²) in [6, 6.07) is 36.9. The Kier molecular flexibility index (Phi) is 21.1. The lowest BCUT2D eigenvalue weighted by Crippen LogP contribution is -2.57. The zero-order chi connectivity index (χ0) is 66.6. The summed E-state index contributed by atoms with van der Waals surface area (Å²) in [5, 5.41) is 22.0. The minimum absolute atomic E-state index is 0.0356. The van der Waals surface area contributed by atoms with Gasteiger partial charge in [0.25, 0.3) is 42.6 Å². The van der Waals surface area contributed by atoms with Crippen molar-refractivity contribution in [2.45, 2.75) is 90.0 Å². The third kappa shape index (κ3) is 14.9. The molecule has 7 N–H and O–H groups in total. The number of nitrogen functional groups attached to an aromatic ring is 1. The van der Waals surface area contributed by atoms with Gasteiger partial charge in [-0.1, -0.05) is 83.9 Å². The van der Waals surface area contributed by atoms with Crippen molar-refractivity contribution in [1.82, 2.24) is 39.1 Å². The molecule has 0 radical (unpaired) electrons. The van der Waals surface area contributed by atoms with Crippen LogP contribution in [0.3, 0.4) is 0 Å². The molecule has 0 unspecified atom stereocenters. The molecule has 4 aliphatic heterocycles. The quantitative estimate of drug-likeness (QED) is 0.0241. The summed E-state index contributed by atoms with van der Waals surface area (Å²) >= 11 is 13.1. The zero-order valence-corrected chi connectivity index (χ0v) is 54.1. The number of amides is 4. The van der Waals surface area contributed by atoms with Gasteiger partial charge >= 0.3 is 0 Å². The van der Waals surface area contributed by atoms with Crippen LogP contribution in [-0.4, -0.2) is 173 Å². The number of rotatable bonds is 13. The highest BCUT2D eigenvalue weighted by Crippen LogP contribution is 2.42. The highest BCUT2D eigenvalue weighted by molar-refractivity contribution is 7.74. The first-order chi connectivity index (χ1) is 44.4. The molecule has 0 saturated carbocycles. The van der Waals surface area contributed by atoms with Gasteiger partial charge in [0.1, 0.15) is 11.6 Å². The molecule has 6 aromatic carbocycles. The van der Waals surface area contributed by atoms with Gasteiger partial charge in [0.15, 0.2) is 0 Å². The van der Waals surface area contributed by atoms with Crippen LogP contribution in [0.1, 0.15) is 93.1 Å². The number of H-pyrrole nitrogens is 1. The second kappa shape index (κ2) is 29.0. The molecule has 6 atom stereocenters. The van der Waals surface area contributed by atoms with Gasteiger partial charge in [0.05, 0.1) is 50.0 Å². The number of hydrogen-bond acceptors (Lipinski definition) is 14.